The molecule has 120 valence electrons. The van der Waals surface area contributed by atoms with E-state index in [1.165, 1.54) is 48.4 Å². The highest BCUT2D eigenvalue weighted by Crippen LogP contribution is 2.24. The topological polar surface area (TPSA) is 95.5 Å². The van der Waals surface area contributed by atoms with Crippen LogP contribution in [0, 0.1) is 20.2 Å². The maximum Gasteiger partial charge on any atom is 0.269 e. The normalized spacial score (nSPS) is 10.4. The van der Waals surface area contributed by atoms with Crippen LogP contribution in [0.4, 0.5) is 11.4 Å². The summed E-state index contributed by atoms with van der Waals surface area (Å²) in [7, 11) is 0. The molecule has 0 aliphatic carbocycles. The third-order valence-corrected chi connectivity index (χ3v) is 4.51. The van der Waals surface area contributed by atoms with E-state index in [0.29, 0.717) is 11.5 Å². The van der Waals surface area contributed by atoms with Gasteiger partial charge in [-0.1, -0.05) is 24.3 Å². The zero-order valence-electron chi connectivity index (χ0n) is 11.8. The van der Waals surface area contributed by atoms with Crippen LogP contribution in [0.15, 0.2) is 48.5 Å². The van der Waals surface area contributed by atoms with Gasteiger partial charge in [0.15, 0.2) is 0 Å². The third-order valence-electron chi connectivity index (χ3n) is 2.84. The van der Waals surface area contributed by atoms with E-state index in [4.69, 9.17) is 3.63 Å². The van der Waals surface area contributed by atoms with E-state index in [9.17, 15) is 20.2 Å². The molecule has 0 fully saturated rings. The van der Waals surface area contributed by atoms with E-state index in [0.717, 1.165) is 11.1 Å². The van der Waals surface area contributed by atoms with Gasteiger partial charge >= 0.3 is 0 Å². The van der Waals surface area contributed by atoms with Crippen molar-refractivity contribution in [2.24, 2.45) is 0 Å². The van der Waals surface area contributed by atoms with Crippen LogP contribution in [0.1, 0.15) is 11.1 Å². The van der Waals surface area contributed by atoms with Gasteiger partial charge in [0.05, 0.1) is 9.85 Å². The van der Waals surface area contributed by atoms with Crippen molar-refractivity contribution in [3.63, 3.8) is 0 Å². The maximum atomic E-state index is 10.5. The van der Waals surface area contributed by atoms with Gasteiger partial charge in [0.1, 0.15) is 0 Å². The molecule has 0 heterocycles. The monoisotopic (exact) mass is 352 g/mol. The Bertz CT molecular complexity index is 617. The highest BCUT2D eigenvalue weighted by atomic mass is 32.2. The summed E-state index contributed by atoms with van der Waals surface area (Å²) in [6, 6.07) is 12.6. The van der Waals surface area contributed by atoms with Gasteiger partial charge in [-0.05, 0) is 11.1 Å². The molecule has 0 aromatic heterocycles. The Hall–Kier alpha value is -2.10. The van der Waals surface area contributed by atoms with Gasteiger partial charge in [0.25, 0.3) is 11.4 Å². The van der Waals surface area contributed by atoms with Crippen LogP contribution in [-0.4, -0.2) is 9.85 Å². The molecule has 0 N–H and O–H groups in total. The van der Waals surface area contributed by atoms with Crippen LogP contribution in [0.2, 0.25) is 0 Å². The smallest absolute Gasteiger partial charge is 0.258 e. The van der Waals surface area contributed by atoms with Crippen molar-refractivity contribution in [1.82, 2.24) is 0 Å². The minimum Gasteiger partial charge on any atom is -0.258 e. The van der Waals surface area contributed by atoms with Crippen molar-refractivity contribution in [3.8, 4) is 0 Å². The summed E-state index contributed by atoms with van der Waals surface area (Å²) in [4.78, 5) is 20.2. The molecule has 0 saturated heterocycles. The summed E-state index contributed by atoms with van der Waals surface area (Å²) < 4.78 is 5.36. The summed E-state index contributed by atoms with van der Waals surface area (Å²) in [6.45, 7) is 0. The first-order chi connectivity index (χ1) is 11.1. The maximum absolute atomic E-state index is 10.5. The summed E-state index contributed by atoms with van der Waals surface area (Å²) in [5, 5.41) is 21.1. The van der Waals surface area contributed by atoms with E-state index < -0.39 is 9.85 Å². The molecule has 23 heavy (non-hydrogen) atoms. The molecule has 0 atom stereocenters. The van der Waals surface area contributed by atoms with Crippen LogP contribution in [0.3, 0.4) is 0 Å². The second-order valence-corrected chi connectivity index (χ2v) is 6.03. The SMILES string of the molecule is O=[N+]([O-])c1ccc(CSOSCc2ccc([N+](=O)[O-])cc2)cc1. The van der Waals surface area contributed by atoms with E-state index in [-0.39, 0.29) is 11.4 Å². The Balaban J connectivity index is 1.69. The Labute approximate surface area is 140 Å². The molecule has 0 amide bonds. The van der Waals surface area contributed by atoms with Gasteiger partial charge in [-0.15, -0.1) is 0 Å². The summed E-state index contributed by atoms with van der Waals surface area (Å²) in [6.07, 6.45) is 0. The van der Waals surface area contributed by atoms with Crippen molar-refractivity contribution in [3.05, 3.63) is 79.9 Å². The molecule has 0 radical (unpaired) electrons. The summed E-state index contributed by atoms with van der Waals surface area (Å²) in [5.41, 5.74) is 1.98. The lowest BCUT2D eigenvalue weighted by molar-refractivity contribution is -0.385. The summed E-state index contributed by atoms with van der Waals surface area (Å²) >= 11 is 2.47. The number of hydrogen-bond acceptors (Lipinski definition) is 7. The molecule has 0 bridgehead atoms. The summed E-state index contributed by atoms with van der Waals surface area (Å²) in [5.74, 6) is 1.15. The minimum atomic E-state index is -0.437. The van der Waals surface area contributed by atoms with Crippen LogP contribution < -0.4 is 0 Å². The molecule has 2 aromatic carbocycles. The molecule has 0 aliphatic heterocycles. The number of benzene rings is 2. The Morgan fingerprint density at radius 3 is 1.39 bits per heavy atom. The molecular weight excluding hydrogens is 340 g/mol. The number of non-ortho nitro benzene ring substituents is 2. The quantitative estimate of drug-likeness (QED) is 0.298. The molecule has 0 saturated carbocycles. The lowest BCUT2D eigenvalue weighted by Crippen LogP contribution is -1.88. The fourth-order valence-corrected chi connectivity index (χ4v) is 2.96. The second kappa shape index (κ2) is 8.51. The van der Waals surface area contributed by atoms with Gasteiger partial charge in [-0.3, -0.25) is 20.2 Å². The first kappa shape index (κ1) is 17.3. The van der Waals surface area contributed by atoms with Crippen LogP contribution in [0.25, 0.3) is 0 Å². The average molecular weight is 352 g/mol. The minimum absolute atomic E-state index is 0.0622. The molecule has 2 rings (SSSR count). The number of nitro benzene ring substituents is 2. The van der Waals surface area contributed by atoms with Gasteiger partial charge in [0, 0.05) is 59.9 Å². The van der Waals surface area contributed by atoms with E-state index in [1.807, 2.05) is 0 Å². The van der Waals surface area contributed by atoms with Crippen LogP contribution in [-0.2, 0) is 15.1 Å². The first-order valence-corrected chi connectivity index (χ1v) is 8.26. The number of rotatable bonds is 8. The Morgan fingerprint density at radius 2 is 1.09 bits per heavy atom. The molecule has 0 spiro atoms. The predicted octanol–water partition coefficient (Wildman–Crippen LogP) is 4.52. The highest BCUT2D eigenvalue weighted by molar-refractivity contribution is 8.07. The van der Waals surface area contributed by atoms with Gasteiger partial charge < -0.3 is 0 Å². The van der Waals surface area contributed by atoms with Crippen molar-refractivity contribution >= 4 is 35.5 Å². The number of nitrogens with zero attached hydrogens (tertiary/aromatic N) is 2. The zero-order chi connectivity index (χ0) is 16.7. The van der Waals surface area contributed by atoms with E-state index >= 15 is 0 Å². The van der Waals surface area contributed by atoms with Gasteiger partial charge in [0.2, 0.25) is 0 Å². The number of hydrogen-bond donors (Lipinski definition) is 0. The average Bonchev–Trinajstić information content (AvgIpc) is 2.55. The van der Waals surface area contributed by atoms with Crippen molar-refractivity contribution < 1.29 is 13.5 Å². The van der Waals surface area contributed by atoms with Crippen LogP contribution in [0.5, 0.6) is 0 Å². The van der Waals surface area contributed by atoms with Crippen molar-refractivity contribution in [1.29, 1.82) is 0 Å². The van der Waals surface area contributed by atoms with Crippen molar-refractivity contribution in [2.75, 3.05) is 0 Å². The zero-order valence-corrected chi connectivity index (χ0v) is 13.4. The fraction of sp³-hybridized carbons (Fsp3) is 0.143. The second-order valence-electron chi connectivity index (χ2n) is 4.44. The third kappa shape index (κ3) is 5.55. The fourth-order valence-electron chi connectivity index (χ4n) is 1.65. The lowest BCUT2D eigenvalue weighted by atomic mass is 10.2. The highest BCUT2D eigenvalue weighted by Gasteiger charge is 2.05. The Morgan fingerprint density at radius 1 is 0.739 bits per heavy atom. The van der Waals surface area contributed by atoms with Gasteiger partial charge in [-0.2, -0.15) is 0 Å². The lowest BCUT2D eigenvalue weighted by Gasteiger charge is -2.02. The Kier molecular flexibility index (Phi) is 6.39. The molecular formula is C14H12N2O5S2. The number of nitro groups is 2. The van der Waals surface area contributed by atoms with Crippen LogP contribution >= 0.6 is 24.1 Å². The molecule has 0 unspecified atom stereocenters. The van der Waals surface area contributed by atoms with E-state index in [1.54, 1.807) is 24.3 Å². The standard InChI is InChI=1S/C14H12N2O5S2/c17-15(18)13-5-1-11(2-6-13)9-22-21-23-10-12-3-7-14(8-4-12)16(19)20/h1-8H,9-10H2. The van der Waals surface area contributed by atoms with Crippen molar-refractivity contribution in [2.45, 2.75) is 11.5 Å². The first-order valence-electron chi connectivity index (χ1n) is 6.44. The van der Waals surface area contributed by atoms with E-state index in [2.05, 4.69) is 0 Å². The predicted molar refractivity (Wildman–Crippen MR) is 89.9 cm³/mol. The molecule has 0 aliphatic rings. The molecule has 2 aromatic rings. The molecule has 9 heteroatoms. The molecule has 7 nitrogen and oxygen atoms in total. The largest absolute Gasteiger partial charge is 0.269 e. The van der Waals surface area contributed by atoms with Gasteiger partial charge in [-0.25, -0.2) is 3.63 Å².